The normalized spacial score (nSPS) is 10.4. The van der Waals surface area contributed by atoms with E-state index in [1.807, 2.05) is 25.3 Å². The molecule has 0 atom stereocenters. The third kappa shape index (κ3) is 4.16. The van der Waals surface area contributed by atoms with Gasteiger partial charge in [-0.15, -0.1) is 11.3 Å². The van der Waals surface area contributed by atoms with E-state index in [1.165, 1.54) is 28.4 Å². The highest BCUT2D eigenvalue weighted by molar-refractivity contribution is 7.12. The number of nitrogens with zero attached hydrogens (tertiary/aromatic N) is 1. The number of amides is 2. The number of nitrogens with one attached hydrogen (secondary N) is 1. The van der Waals surface area contributed by atoms with Gasteiger partial charge in [-0.2, -0.15) is 0 Å². The first-order chi connectivity index (χ1) is 11.1. The summed E-state index contributed by atoms with van der Waals surface area (Å²) >= 11 is 1.32. The standard InChI is InChI=1S/C17H19FN2O2S/c1-3-19-15(21)11-20(4-2)17(22)16-14(9-10-23-16)12-5-7-13(18)8-6-12/h5-10H,3-4,11H2,1-2H3,(H,19,21). The van der Waals surface area contributed by atoms with E-state index in [9.17, 15) is 14.0 Å². The van der Waals surface area contributed by atoms with Crippen molar-refractivity contribution < 1.29 is 14.0 Å². The third-order valence-electron chi connectivity index (χ3n) is 3.39. The molecule has 0 bridgehead atoms. The maximum Gasteiger partial charge on any atom is 0.265 e. The van der Waals surface area contributed by atoms with Gasteiger partial charge in [-0.05, 0) is 43.0 Å². The number of hydrogen-bond acceptors (Lipinski definition) is 3. The maximum absolute atomic E-state index is 13.1. The van der Waals surface area contributed by atoms with E-state index in [0.717, 1.165) is 11.1 Å². The minimum atomic E-state index is -0.316. The number of carbonyl (C=O) groups excluding carboxylic acids is 2. The number of thiophene rings is 1. The first kappa shape index (κ1) is 17.1. The first-order valence-electron chi connectivity index (χ1n) is 7.46. The zero-order valence-corrected chi connectivity index (χ0v) is 14.0. The Morgan fingerprint density at radius 2 is 1.87 bits per heavy atom. The Kier molecular flexibility index (Phi) is 5.87. The fourth-order valence-electron chi connectivity index (χ4n) is 2.23. The van der Waals surface area contributed by atoms with E-state index in [1.54, 1.807) is 12.1 Å². The van der Waals surface area contributed by atoms with Crippen LogP contribution in [0.5, 0.6) is 0 Å². The highest BCUT2D eigenvalue weighted by Gasteiger charge is 2.21. The first-order valence-corrected chi connectivity index (χ1v) is 8.34. The number of rotatable bonds is 6. The average molecular weight is 334 g/mol. The SMILES string of the molecule is CCNC(=O)CN(CC)C(=O)c1sccc1-c1ccc(F)cc1. The highest BCUT2D eigenvalue weighted by Crippen LogP contribution is 2.29. The van der Waals surface area contributed by atoms with Crippen LogP contribution in [0, 0.1) is 5.82 Å². The molecule has 1 N–H and O–H groups in total. The molecule has 1 aromatic heterocycles. The number of likely N-dealkylation sites (N-methyl/N-ethyl adjacent to an activating group) is 2. The summed E-state index contributed by atoms with van der Waals surface area (Å²) in [6.07, 6.45) is 0. The predicted octanol–water partition coefficient (Wildman–Crippen LogP) is 3.15. The van der Waals surface area contributed by atoms with Gasteiger partial charge < -0.3 is 10.2 Å². The van der Waals surface area contributed by atoms with Gasteiger partial charge in [-0.3, -0.25) is 9.59 Å². The van der Waals surface area contributed by atoms with Gasteiger partial charge in [-0.25, -0.2) is 4.39 Å². The third-order valence-corrected chi connectivity index (χ3v) is 4.29. The van der Waals surface area contributed by atoms with Gasteiger partial charge in [0.05, 0.1) is 11.4 Å². The zero-order valence-electron chi connectivity index (χ0n) is 13.1. The molecule has 2 rings (SSSR count). The van der Waals surface area contributed by atoms with Crippen molar-refractivity contribution in [3.63, 3.8) is 0 Å². The summed E-state index contributed by atoms with van der Waals surface area (Å²) in [7, 11) is 0. The fraction of sp³-hybridized carbons (Fsp3) is 0.294. The van der Waals surface area contributed by atoms with Crippen molar-refractivity contribution in [1.82, 2.24) is 10.2 Å². The molecule has 2 amide bonds. The minimum Gasteiger partial charge on any atom is -0.355 e. The Labute approximate surface area is 138 Å². The fourth-order valence-corrected chi connectivity index (χ4v) is 3.11. The predicted molar refractivity (Wildman–Crippen MR) is 90.0 cm³/mol. The van der Waals surface area contributed by atoms with E-state index in [0.29, 0.717) is 18.0 Å². The Hall–Kier alpha value is -2.21. The molecule has 1 heterocycles. The summed E-state index contributed by atoms with van der Waals surface area (Å²) in [5, 5.41) is 4.52. The molecule has 0 radical (unpaired) electrons. The Bertz CT molecular complexity index is 682. The second-order valence-electron chi connectivity index (χ2n) is 4.94. The van der Waals surface area contributed by atoms with Gasteiger partial charge in [0, 0.05) is 18.7 Å². The minimum absolute atomic E-state index is 0.0317. The van der Waals surface area contributed by atoms with Crippen LogP contribution in [-0.4, -0.2) is 36.3 Å². The molecule has 0 spiro atoms. The van der Waals surface area contributed by atoms with E-state index < -0.39 is 0 Å². The largest absolute Gasteiger partial charge is 0.355 e. The van der Waals surface area contributed by atoms with Crippen LogP contribution in [0.25, 0.3) is 11.1 Å². The number of carbonyl (C=O) groups is 2. The molecule has 23 heavy (non-hydrogen) atoms. The lowest BCUT2D eigenvalue weighted by atomic mass is 10.1. The lowest BCUT2D eigenvalue weighted by Crippen LogP contribution is -2.40. The van der Waals surface area contributed by atoms with Gasteiger partial charge in [-0.1, -0.05) is 12.1 Å². The van der Waals surface area contributed by atoms with Crippen molar-refractivity contribution in [2.24, 2.45) is 0 Å². The molecule has 0 unspecified atom stereocenters. The Balaban J connectivity index is 2.24. The van der Waals surface area contributed by atoms with Gasteiger partial charge >= 0.3 is 0 Å². The van der Waals surface area contributed by atoms with Crippen LogP contribution in [-0.2, 0) is 4.79 Å². The van der Waals surface area contributed by atoms with Crippen molar-refractivity contribution in [2.45, 2.75) is 13.8 Å². The van der Waals surface area contributed by atoms with Crippen molar-refractivity contribution >= 4 is 23.2 Å². The zero-order chi connectivity index (χ0) is 16.8. The van der Waals surface area contributed by atoms with E-state index >= 15 is 0 Å². The summed E-state index contributed by atoms with van der Waals surface area (Å²) in [4.78, 5) is 26.5. The smallest absolute Gasteiger partial charge is 0.265 e. The second kappa shape index (κ2) is 7.87. The van der Waals surface area contributed by atoms with Crippen LogP contribution in [0.15, 0.2) is 35.7 Å². The van der Waals surface area contributed by atoms with Gasteiger partial charge in [0.15, 0.2) is 0 Å². The molecule has 4 nitrogen and oxygen atoms in total. The molecule has 0 aliphatic heterocycles. The topological polar surface area (TPSA) is 49.4 Å². The molecule has 0 aliphatic carbocycles. The second-order valence-corrected chi connectivity index (χ2v) is 5.86. The summed E-state index contributed by atoms with van der Waals surface area (Å²) < 4.78 is 13.1. The van der Waals surface area contributed by atoms with Gasteiger partial charge in [0.25, 0.3) is 5.91 Å². The van der Waals surface area contributed by atoms with Crippen LogP contribution in [0.2, 0.25) is 0 Å². The summed E-state index contributed by atoms with van der Waals surface area (Å²) in [6.45, 7) is 4.68. The van der Waals surface area contributed by atoms with Crippen LogP contribution in [0.3, 0.4) is 0 Å². The molecule has 0 saturated heterocycles. The monoisotopic (exact) mass is 334 g/mol. The highest BCUT2D eigenvalue weighted by atomic mass is 32.1. The molecule has 0 fully saturated rings. The lowest BCUT2D eigenvalue weighted by molar-refractivity contribution is -0.121. The molecule has 122 valence electrons. The molecule has 0 saturated carbocycles. The average Bonchev–Trinajstić information content (AvgIpc) is 3.02. The maximum atomic E-state index is 13.1. The van der Waals surface area contributed by atoms with Crippen LogP contribution >= 0.6 is 11.3 Å². The summed E-state index contributed by atoms with van der Waals surface area (Å²) in [5.41, 5.74) is 1.54. The molecule has 1 aromatic carbocycles. The Morgan fingerprint density at radius 3 is 2.48 bits per heavy atom. The molecule has 2 aromatic rings. The molecular formula is C17H19FN2O2S. The van der Waals surface area contributed by atoms with E-state index in [-0.39, 0.29) is 24.2 Å². The number of benzene rings is 1. The van der Waals surface area contributed by atoms with Gasteiger partial charge in [0.1, 0.15) is 5.82 Å². The quantitative estimate of drug-likeness (QED) is 0.882. The van der Waals surface area contributed by atoms with Crippen molar-refractivity contribution in [3.8, 4) is 11.1 Å². The molecule has 0 aliphatic rings. The van der Waals surface area contributed by atoms with Crippen LogP contribution in [0.1, 0.15) is 23.5 Å². The van der Waals surface area contributed by atoms with Gasteiger partial charge in [0.2, 0.25) is 5.91 Å². The molecular weight excluding hydrogens is 315 g/mol. The number of hydrogen-bond donors (Lipinski definition) is 1. The van der Waals surface area contributed by atoms with Crippen LogP contribution < -0.4 is 5.32 Å². The van der Waals surface area contributed by atoms with Crippen molar-refractivity contribution in [1.29, 1.82) is 0 Å². The number of halogens is 1. The van der Waals surface area contributed by atoms with Crippen molar-refractivity contribution in [3.05, 3.63) is 46.4 Å². The van der Waals surface area contributed by atoms with Crippen molar-refractivity contribution in [2.75, 3.05) is 19.6 Å². The van der Waals surface area contributed by atoms with E-state index in [2.05, 4.69) is 5.32 Å². The van der Waals surface area contributed by atoms with E-state index in [4.69, 9.17) is 0 Å². The molecule has 6 heteroatoms. The summed E-state index contributed by atoms with van der Waals surface area (Å²) in [6, 6.07) is 7.87. The Morgan fingerprint density at radius 1 is 1.17 bits per heavy atom. The van der Waals surface area contributed by atoms with Crippen LogP contribution in [0.4, 0.5) is 4.39 Å². The summed E-state index contributed by atoms with van der Waals surface area (Å²) in [5.74, 6) is -0.682. The lowest BCUT2D eigenvalue weighted by Gasteiger charge is -2.20.